The van der Waals surface area contributed by atoms with Crippen molar-refractivity contribution >= 4 is 17.2 Å². The van der Waals surface area contributed by atoms with Gasteiger partial charge >= 0.3 is 0 Å². The van der Waals surface area contributed by atoms with Crippen LogP contribution in [0.5, 0.6) is 0 Å². The summed E-state index contributed by atoms with van der Waals surface area (Å²) in [5.41, 5.74) is 3.36. The van der Waals surface area contributed by atoms with Crippen molar-refractivity contribution in [3.63, 3.8) is 0 Å². The second kappa shape index (κ2) is 6.62. The molecule has 2 aromatic rings. The Hall–Kier alpha value is -2.39. The van der Waals surface area contributed by atoms with Crippen LogP contribution in [0.4, 0.5) is 0 Å². The molecule has 24 heavy (non-hydrogen) atoms. The number of aryl methyl sites for hydroxylation is 1. The third-order valence-corrected chi connectivity index (χ3v) is 5.69. The Morgan fingerprint density at radius 2 is 2.25 bits per heavy atom. The van der Waals surface area contributed by atoms with Gasteiger partial charge in [-0.15, -0.1) is 11.3 Å². The van der Waals surface area contributed by atoms with Gasteiger partial charge in [-0.05, 0) is 54.8 Å². The van der Waals surface area contributed by atoms with Crippen LogP contribution in [-0.2, 0) is 24.2 Å². The van der Waals surface area contributed by atoms with Crippen LogP contribution in [0.2, 0.25) is 0 Å². The fraction of sp³-hybridized carbons (Fsp3) is 0.389. The molecule has 0 spiro atoms. The van der Waals surface area contributed by atoms with Crippen molar-refractivity contribution in [1.29, 1.82) is 5.26 Å². The van der Waals surface area contributed by atoms with Crippen molar-refractivity contribution in [3.8, 4) is 6.07 Å². The van der Waals surface area contributed by atoms with Gasteiger partial charge in [0.1, 0.15) is 11.6 Å². The van der Waals surface area contributed by atoms with E-state index in [4.69, 9.17) is 5.26 Å². The second-order valence-electron chi connectivity index (χ2n) is 6.10. The standard InChI is InChI=1S/C18H19N3O2S/c1-11-14(12(2)20-18(23)15(11)9-19)3-4-17(22)21-7-5-16-13(10-21)6-8-24-16/h6,8H,3-5,7,10H2,1-2H3,(H,20,23). The lowest BCUT2D eigenvalue weighted by atomic mass is 9.98. The molecule has 1 aliphatic heterocycles. The lowest BCUT2D eigenvalue weighted by Gasteiger charge is -2.27. The molecule has 5 nitrogen and oxygen atoms in total. The molecule has 1 amide bonds. The summed E-state index contributed by atoms with van der Waals surface area (Å²) in [5, 5.41) is 11.2. The highest BCUT2D eigenvalue weighted by Gasteiger charge is 2.22. The molecule has 0 radical (unpaired) electrons. The van der Waals surface area contributed by atoms with Crippen LogP contribution in [0.15, 0.2) is 16.2 Å². The molecule has 0 bridgehead atoms. The number of thiophene rings is 1. The van der Waals surface area contributed by atoms with Crippen LogP contribution in [0, 0.1) is 25.2 Å². The zero-order valence-electron chi connectivity index (χ0n) is 13.8. The number of aromatic nitrogens is 1. The maximum atomic E-state index is 12.5. The largest absolute Gasteiger partial charge is 0.338 e. The molecule has 0 aliphatic carbocycles. The topological polar surface area (TPSA) is 77.0 Å². The van der Waals surface area contributed by atoms with Gasteiger partial charge in [-0.3, -0.25) is 9.59 Å². The summed E-state index contributed by atoms with van der Waals surface area (Å²) >= 11 is 1.76. The number of carbonyl (C=O) groups is 1. The van der Waals surface area contributed by atoms with E-state index in [-0.39, 0.29) is 17.0 Å². The SMILES string of the molecule is Cc1[nH]c(=O)c(C#N)c(C)c1CCC(=O)N1CCc2sccc2C1. The normalized spacial score (nSPS) is 13.5. The monoisotopic (exact) mass is 341 g/mol. The minimum absolute atomic E-state index is 0.121. The molecular weight excluding hydrogens is 322 g/mol. The molecule has 2 aromatic heterocycles. The Balaban J connectivity index is 1.72. The minimum Gasteiger partial charge on any atom is -0.338 e. The van der Waals surface area contributed by atoms with E-state index in [0.717, 1.165) is 24.2 Å². The Labute approximate surface area is 144 Å². The van der Waals surface area contributed by atoms with Crippen molar-refractivity contribution in [2.75, 3.05) is 6.54 Å². The van der Waals surface area contributed by atoms with Crippen molar-refractivity contribution in [3.05, 3.63) is 54.6 Å². The minimum atomic E-state index is -0.358. The van der Waals surface area contributed by atoms with E-state index in [2.05, 4.69) is 16.4 Å². The zero-order chi connectivity index (χ0) is 17.3. The highest BCUT2D eigenvalue weighted by Crippen LogP contribution is 2.25. The van der Waals surface area contributed by atoms with Crippen molar-refractivity contribution in [2.45, 2.75) is 39.7 Å². The summed E-state index contributed by atoms with van der Waals surface area (Å²) in [6.45, 7) is 5.04. The van der Waals surface area contributed by atoms with Crippen LogP contribution in [-0.4, -0.2) is 22.3 Å². The summed E-state index contributed by atoms with van der Waals surface area (Å²) < 4.78 is 0. The number of H-pyrrole nitrogens is 1. The Bertz CT molecular complexity index is 889. The third kappa shape index (κ3) is 3.00. The number of nitrogens with one attached hydrogen (secondary N) is 1. The van der Waals surface area contributed by atoms with E-state index in [0.29, 0.717) is 24.9 Å². The number of nitrogens with zero attached hydrogens (tertiary/aromatic N) is 2. The van der Waals surface area contributed by atoms with Crippen LogP contribution < -0.4 is 5.56 Å². The summed E-state index contributed by atoms with van der Waals surface area (Å²) in [6.07, 6.45) is 1.85. The molecule has 0 saturated heterocycles. The van der Waals surface area contributed by atoms with Gasteiger partial charge in [0.25, 0.3) is 5.56 Å². The van der Waals surface area contributed by atoms with E-state index < -0.39 is 0 Å². The van der Waals surface area contributed by atoms with Crippen LogP contribution >= 0.6 is 11.3 Å². The quantitative estimate of drug-likeness (QED) is 0.931. The van der Waals surface area contributed by atoms with Gasteiger partial charge in [-0.25, -0.2) is 0 Å². The first kappa shape index (κ1) is 16.5. The van der Waals surface area contributed by atoms with E-state index in [1.807, 2.05) is 17.9 Å². The first-order chi connectivity index (χ1) is 11.5. The number of rotatable bonds is 3. The molecule has 0 aromatic carbocycles. The number of pyridine rings is 1. The average molecular weight is 341 g/mol. The van der Waals surface area contributed by atoms with Gasteiger partial charge in [0, 0.05) is 30.1 Å². The Kier molecular flexibility index (Phi) is 4.54. The molecule has 124 valence electrons. The molecule has 1 N–H and O–H groups in total. The molecule has 0 fully saturated rings. The van der Waals surface area contributed by atoms with Gasteiger partial charge in [-0.1, -0.05) is 0 Å². The molecule has 0 unspecified atom stereocenters. The molecule has 1 aliphatic rings. The van der Waals surface area contributed by atoms with Gasteiger partial charge in [0.2, 0.25) is 5.91 Å². The summed E-state index contributed by atoms with van der Waals surface area (Å²) in [6, 6.07) is 4.04. The summed E-state index contributed by atoms with van der Waals surface area (Å²) in [5.74, 6) is 0.121. The van der Waals surface area contributed by atoms with Crippen molar-refractivity contribution in [2.24, 2.45) is 0 Å². The number of hydrogen-bond acceptors (Lipinski definition) is 4. The lowest BCUT2D eigenvalue weighted by molar-refractivity contribution is -0.132. The average Bonchev–Trinajstić information content (AvgIpc) is 3.02. The molecule has 6 heteroatoms. The number of aromatic amines is 1. The molecular formula is C18H19N3O2S. The number of amides is 1. The molecule has 3 heterocycles. The van der Waals surface area contributed by atoms with Crippen LogP contribution in [0.25, 0.3) is 0 Å². The number of nitriles is 1. The number of hydrogen-bond donors (Lipinski definition) is 1. The van der Waals surface area contributed by atoms with Crippen molar-refractivity contribution < 1.29 is 4.79 Å². The summed E-state index contributed by atoms with van der Waals surface area (Å²) in [7, 11) is 0. The second-order valence-corrected chi connectivity index (χ2v) is 7.10. The van der Waals surface area contributed by atoms with Crippen LogP contribution in [0.3, 0.4) is 0 Å². The molecule has 3 rings (SSSR count). The van der Waals surface area contributed by atoms with E-state index in [9.17, 15) is 9.59 Å². The lowest BCUT2D eigenvalue weighted by Crippen LogP contribution is -2.35. The zero-order valence-corrected chi connectivity index (χ0v) is 14.6. The number of carbonyl (C=O) groups excluding carboxylic acids is 1. The van der Waals surface area contributed by atoms with E-state index in [1.54, 1.807) is 18.3 Å². The molecule has 0 atom stereocenters. The predicted octanol–water partition coefficient (Wildman–Crippen LogP) is 2.44. The maximum absolute atomic E-state index is 12.5. The third-order valence-electron chi connectivity index (χ3n) is 4.67. The maximum Gasteiger partial charge on any atom is 0.266 e. The van der Waals surface area contributed by atoms with Gasteiger partial charge in [0.15, 0.2) is 0 Å². The highest BCUT2D eigenvalue weighted by atomic mass is 32.1. The molecule has 0 saturated carbocycles. The fourth-order valence-corrected chi connectivity index (χ4v) is 4.16. The summed E-state index contributed by atoms with van der Waals surface area (Å²) in [4.78, 5) is 30.3. The fourth-order valence-electron chi connectivity index (χ4n) is 3.27. The van der Waals surface area contributed by atoms with E-state index in [1.165, 1.54) is 10.4 Å². The first-order valence-corrected chi connectivity index (χ1v) is 8.84. The van der Waals surface area contributed by atoms with Gasteiger partial charge in [-0.2, -0.15) is 5.26 Å². The highest BCUT2D eigenvalue weighted by molar-refractivity contribution is 7.10. The van der Waals surface area contributed by atoms with Crippen molar-refractivity contribution in [1.82, 2.24) is 9.88 Å². The Morgan fingerprint density at radius 1 is 1.46 bits per heavy atom. The smallest absolute Gasteiger partial charge is 0.266 e. The van der Waals surface area contributed by atoms with Gasteiger partial charge < -0.3 is 9.88 Å². The number of fused-ring (bicyclic) bond motifs is 1. The first-order valence-electron chi connectivity index (χ1n) is 7.96. The predicted molar refractivity (Wildman–Crippen MR) is 93.0 cm³/mol. The Morgan fingerprint density at radius 3 is 3.00 bits per heavy atom. The van der Waals surface area contributed by atoms with E-state index >= 15 is 0 Å². The van der Waals surface area contributed by atoms with Crippen LogP contribution in [0.1, 0.15) is 39.2 Å². The van der Waals surface area contributed by atoms with Gasteiger partial charge in [0.05, 0.1) is 0 Å².